The van der Waals surface area contributed by atoms with E-state index < -0.39 is 0 Å². The first-order valence-corrected chi connectivity index (χ1v) is 6.12. The highest BCUT2D eigenvalue weighted by molar-refractivity contribution is 7.17. The van der Waals surface area contributed by atoms with E-state index in [0.717, 1.165) is 11.3 Å². The van der Waals surface area contributed by atoms with E-state index in [0.29, 0.717) is 9.88 Å². The molecule has 0 atom stereocenters. The molecule has 1 aromatic carbocycles. The third-order valence-corrected chi connectivity index (χ3v) is 3.39. The standard InChI is InChI=1S/C13H14N2OS/c1-8-3-4-10(9(2)7-8)15-13(16)11-5-6-12(14)17-11/h3-7H,14H2,1-2H3,(H,15,16). The fraction of sp³-hybridized carbons (Fsp3) is 0.154. The van der Waals surface area contributed by atoms with Gasteiger partial charge in [-0.3, -0.25) is 4.79 Å². The number of thiophene rings is 1. The number of benzene rings is 1. The first-order valence-electron chi connectivity index (χ1n) is 5.30. The molecule has 0 aliphatic heterocycles. The lowest BCUT2D eigenvalue weighted by Crippen LogP contribution is -2.11. The highest BCUT2D eigenvalue weighted by Gasteiger charge is 2.09. The van der Waals surface area contributed by atoms with Crippen LogP contribution in [0.25, 0.3) is 0 Å². The summed E-state index contributed by atoms with van der Waals surface area (Å²) < 4.78 is 0. The quantitative estimate of drug-likeness (QED) is 0.855. The van der Waals surface area contributed by atoms with Crippen molar-refractivity contribution in [2.24, 2.45) is 0 Å². The van der Waals surface area contributed by atoms with Gasteiger partial charge in [0, 0.05) is 5.69 Å². The Morgan fingerprint density at radius 3 is 2.59 bits per heavy atom. The van der Waals surface area contributed by atoms with Gasteiger partial charge in [-0.15, -0.1) is 11.3 Å². The van der Waals surface area contributed by atoms with Gasteiger partial charge >= 0.3 is 0 Å². The van der Waals surface area contributed by atoms with Crippen molar-refractivity contribution in [3.05, 3.63) is 46.3 Å². The lowest BCUT2D eigenvalue weighted by molar-refractivity contribution is 0.103. The number of carbonyl (C=O) groups excluding carboxylic acids is 1. The van der Waals surface area contributed by atoms with Gasteiger partial charge in [0.05, 0.1) is 9.88 Å². The van der Waals surface area contributed by atoms with Gasteiger partial charge in [0.25, 0.3) is 5.91 Å². The summed E-state index contributed by atoms with van der Waals surface area (Å²) in [6.07, 6.45) is 0. The number of amides is 1. The summed E-state index contributed by atoms with van der Waals surface area (Å²) in [6.45, 7) is 4.00. The Morgan fingerprint density at radius 1 is 1.24 bits per heavy atom. The molecule has 17 heavy (non-hydrogen) atoms. The minimum Gasteiger partial charge on any atom is -0.391 e. The van der Waals surface area contributed by atoms with Crippen molar-refractivity contribution in [3.63, 3.8) is 0 Å². The fourth-order valence-corrected chi connectivity index (χ4v) is 2.28. The molecule has 1 aromatic heterocycles. The molecular weight excluding hydrogens is 232 g/mol. The summed E-state index contributed by atoms with van der Waals surface area (Å²) in [7, 11) is 0. The average molecular weight is 246 g/mol. The molecule has 3 nitrogen and oxygen atoms in total. The Hall–Kier alpha value is -1.81. The molecule has 1 amide bonds. The van der Waals surface area contributed by atoms with Gasteiger partial charge in [0.1, 0.15) is 0 Å². The van der Waals surface area contributed by atoms with Crippen LogP contribution in [-0.4, -0.2) is 5.91 Å². The summed E-state index contributed by atoms with van der Waals surface area (Å²) in [5.74, 6) is -0.112. The minimum atomic E-state index is -0.112. The van der Waals surface area contributed by atoms with Crippen LogP contribution < -0.4 is 11.1 Å². The number of hydrogen-bond donors (Lipinski definition) is 2. The van der Waals surface area contributed by atoms with Crippen LogP contribution in [0.2, 0.25) is 0 Å². The minimum absolute atomic E-state index is 0.112. The molecule has 0 radical (unpaired) electrons. The van der Waals surface area contributed by atoms with E-state index in [1.807, 2.05) is 32.0 Å². The maximum atomic E-state index is 11.9. The smallest absolute Gasteiger partial charge is 0.265 e. The van der Waals surface area contributed by atoms with Crippen molar-refractivity contribution in [3.8, 4) is 0 Å². The van der Waals surface area contributed by atoms with E-state index in [4.69, 9.17) is 5.73 Å². The second-order valence-corrected chi connectivity index (χ2v) is 5.09. The Kier molecular flexibility index (Phi) is 3.15. The normalized spacial score (nSPS) is 10.2. The lowest BCUT2D eigenvalue weighted by atomic mass is 10.1. The molecule has 2 rings (SSSR count). The molecule has 3 N–H and O–H groups in total. The third kappa shape index (κ3) is 2.65. The van der Waals surface area contributed by atoms with Crippen LogP contribution in [0, 0.1) is 13.8 Å². The monoisotopic (exact) mass is 246 g/mol. The number of carbonyl (C=O) groups is 1. The van der Waals surface area contributed by atoms with E-state index in [1.54, 1.807) is 12.1 Å². The molecule has 0 bridgehead atoms. The van der Waals surface area contributed by atoms with E-state index in [-0.39, 0.29) is 5.91 Å². The van der Waals surface area contributed by atoms with Crippen molar-refractivity contribution in [2.45, 2.75) is 13.8 Å². The molecule has 0 aliphatic rings. The van der Waals surface area contributed by atoms with Crippen LogP contribution in [0.1, 0.15) is 20.8 Å². The Bertz CT molecular complexity index is 560. The zero-order chi connectivity index (χ0) is 12.4. The van der Waals surface area contributed by atoms with Crippen LogP contribution in [0.4, 0.5) is 10.7 Å². The topological polar surface area (TPSA) is 55.1 Å². The SMILES string of the molecule is Cc1ccc(NC(=O)c2ccc(N)s2)c(C)c1. The van der Waals surface area contributed by atoms with Gasteiger partial charge in [0.15, 0.2) is 0 Å². The van der Waals surface area contributed by atoms with E-state index in [2.05, 4.69) is 5.32 Å². The largest absolute Gasteiger partial charge is 0.391 e. The van der Waals surface area contributed by atoms with Gasteiger partial charge in [-0.1, -0.05) is 17.7 Å². The van der Waals surface area contributed by atoms with E-state index in [9.17, 15) is 4.79 Å². The molecule has 0 aliphatic carbocycles. The number of rotatable bonds is 2. The second-order valence-electron chi connectivity index (χ2n) is 3.97. The highest BCUT2D eigenvalue weighted by Crippen LogP contribution is 2.21. The van der Waals surface area contributed by atoms with Gasteiger partial charge in [0.2, 0.25) is 0 Å². The number of nitrogens with two attached hydrogens (primary N) is 1. The molecule has 0 spiro atoms. The first-order chi connectivity index (χ1) is 8.06. The predicted molar refractivity (Wildman–Crippen MR) is 72.6 cm³/mol. The Balaban J connectivity index is 2.18. The molecule has 0 saturated carbocycles. The summed E-state index contributed by atoms with van der Waals surface area (Å²) in [5, 5.41) is 3.53. The molecule has 88 valence electrons. The first kappa shape index (κ1) is 11.7. The van der Waals surface area contributed by atoms with Crippen LogP contribution in [0.3, 0.4) is 0 Å². The zero-order valence-electron chi connectivity index (χ0n) is 9.78. The van der Waals surface area contributed by atoms with E-state index >= 15 is 0 Å². The molecule has 4 heteroatoms. The summed E-state index contributed by atoms with van der Waals surface area (Å²) in [6, 6.07) is 9.41. The zero-order valence-corrected chi connectivity index (χ0v) is 10.6. The third-order valence-electron chi connectivity index (χ3n) is 2.48. The summed E-state index contributed by atoms with van der Waals surface area (Å²) in [5.41, 5.74) is 8.68. The maximum Gasteiger partial charge on any atom is 0.265 e. The molecule has 2 aromatic rings. The highest BCUT2D eigenvalue weighted by atomic mass is 32.1. The maximum absolute atomic E-state index is 11.9. The predicted octanol–water partition coefficient (Wildman–Crippen LogP) is 3.20. The molecule has 0 unspecified atom stereocenters. The van der Waals surface area contributed by atoms with Crippen LogP contribution in [0.15, 0.2) is 30.3 Å². The molecular formula is C13H14N2OS. The number of nitrogens with one attached hydrogen (secondary N) is 1. The molecule has 0 fully saturated rings. The summed E-state index contributed by atoms with van der Waals surface area (Å²) in [4.78, 5) is 12.5. The Morgan fingerprint density at radius 2 is 2.00 bits per heavy atom. The van der Waals surface area contributed by atoms with Crippen molar-refractivity contribution < 1.29 is 4.79 Å². The second kappa shape index (κ2) is 4.59. The molecule has 1 heterocycles. The number of hydrogen-bond acceptors (Lipinski definition) is 3. The van der Waals surface area contributed by atoms with Crippen molar-refractivity contribution in [1.82, 2.24) is 0 Å². The van der Waals surface area contributed by atoms with Crippen LogP contribution >= 0.6 is 11.3 Å². The van der Waals surface area contributed by atoms with Crippen molar-refractivity contribution in [1.29, 1.82) is 0 Å². The lowest BCUT2D eigenvalue weighted by Gasteiger charge is -2.07. The van der Waals surface area contributed by atoms with E-state index in [1.165, 1.54) is 16.9 Å². The van der Waals surface area contributed by atoms with Gasteiger partial charge in [-0.25, -0.2) is 0 Å². The van der Waals surface area contributed by atoms with Crippen molar-refractivity contribution in [2.75, 3.05) is 11.1 Å². The Labute approximate surface area is 104 Å². The van der Waals surface area contributed by atoms with Crippen LogP contribution in [0.5, 0.6) is 0 Å². The van der Waals surface area contributed by atoms with Gasteiger partial charge in [-0.2, -0.15) is 0 Å². The van der Waals surface area contributed by atoms with Gasteiger partial charge < -0.3 is 11.1 Å². The fourth-order valence-electron chi connectivity index (χ4n) is 1.61. The number of anilines is 2. The van der Waals surface area contributed by atoms with Crippen molar-refractivity contribution >= 4 is 27.9 Å². The van der Waals surface area contributed by atoms with Gasteiger partial charge in [-0.05, 0) is 37.6 Å². The number of aryl methyl sites for hydroxylation is 2. The summed E-state index contributed by atoms with van der Waals surface area (Å²) >= 11 is 1.29. The molecule has 0 saturated heterocycles. The van der Waals surface area contributed by atoms with Crippen LogP contribution in [-0.2, 0) is 0 Å². The average Bonchev–Trinajstić information content (AvgIpc) is 2.69. The number of nitrogen functional groups attached to an aromatic ring is 1.